The number of pyridine rings is 1. The molecule has 5 nitrogen and oxygen atoms in total. The Balaban J connectivity index is 1.86. The highest BCUT2D eigenvalue weighted by Crippen LogP contribution is 2.26. The molecule has 0 saturated carbocycles. The molecule has 0 saturated heterocycles. The summed E-state index contributed by atoms with van der Waals surface area (Å²) in [6, 6.07) is 15.5. The number of rotatable bonds is 4. The summed E-state index contributed by atoms with van der Waals surface area (Å²) < 4.78 is 0. The first-order valence-electron chi connectivity index (χ1n) is 8.77. The van der Waals surface area contributed by atoms with Gasteiger partial charge in [-0.2, -0.15) is 5.26 Å². The van der Waals surface area contributed by atoms with Crippen LogP contribution in [0.15, 0.2) is 42.5 Å². The number of anilines is 2. The van der Waals surface area contributed by atoms with Gasteiger partial charge in [0, 0.05) is 23.8 Å². The first-order chi connectivity index (χ1) is 12.9. The maximum atomic E-state index is 12.6. The molecule has 0 bridgehead atoms. The van der Waals surface area contributed by atoms with Gasteiger partial charge in [0.05, 0.1) is 12.1 Å². The number of aromatic nitrogens is 1. The summed E-state index contributed by atoms with van der Waals surface area (Å²) in [5.74, 6) is -0.105. The number of likely N-dealkylation sites (N-methyl/N-ethyl adjacent to an activating group) is 1. The Morgan fingerprint density at radius 3 is 2.48 bits per heavy atom. The quantitative estimate of drug-likeness (QED) is 0.762. The zero-order valence-corrected chi connectivity index (χ0v) is 16.0. The molecule has 27 heavy (non-hydrogen) atoms. The van der Waals surface area contributed by atoms with Crippen LogP contribution < -0.4 is 10.2 Å². The molecular weight excluding hydrogens is 336 g/mol. The van der Waals surface area contributed by atoms with Crippen LogP contribution in [0.4, 0.5) is 11.4 Å². The number of amides is 1. The van der Waals surface area contributed by atoms with Crippen LogP contribution in [-0.2, 0) is 4.79 Å². The second-order valence-electron chi connectivity index (χ2n) is 6.83. The average molecular weight is 358 g/mol. The number of para-hydroxylation sites is 1. The van der Waals surface area contributed by atoms with E-state index in [0.717, 1.165) is 33.4 Å². The highest BCUT2D eigenvalue weighted by atomic mass is 16.2. The predicted molar refractivity (Wildman–Crippen MR) is 109 cm³/mol. The van der Waals surface area contributed by atoms with E-state index in [1.807, 2.05) is 57.0 Å². The lowest BCUT2D eigenvalue weighted by molar-refractivity contribution is -0.114. The summed E-state index contributed by atoms with van der Waals surface area (Å²) in [5.41, 5.74) is 6.01. The molecule has 0 aliphatic rings. The Kier molecular flexibility index (Phi) is 5.09. The maximum absolute atomic E-state index is 12.6. The smallest absolute Gasteiger partial charge is 0.243 e. The Morgan fingerprint density at radius 1 is 1.15 bits per heavy atom. The third-order valence-electron chi connectivity index (χ3n) is 4.54. The molecular formula is C22H22N4O. The minimum atomic E-state index is -0.105. The number of nitrogens with zero attached hydrogens (tertiary/aromatic N) is 3. The number of aryl methyl sites for hydroxylation is 3. The normalized spacial score (nSPS) is 10.5. The summed E-state index contributed by atoms with van der Waals surface area (Å²) in [4.78, 5) is 18.8. The second kappa shape index (κ2) is 7.46. The monoisotopic (exact) mass is 358 g/mol. The molecule has 1 N–H and O–H groups in total. The predicted octanol–water partition coefficient (Wildman–Crippen LogP) is 4.11. The van der Waals surface area contributed by atoms with E-state index in [2.05, 4.69) is 28.5 Å². The molecule has 5 heteroatoms. The van der Waals surface area contributed by atoms with E-state index in [1.165, 1.54) is 5.56 Å². The minimum absolute atomic E-state index is 0.105. The first kappa shape index (κ1) is 18.4. The van der Waals surface area contributed by atoms with Gasteiger partial charge in [0.15, 0.2) is 0 Å². The number of nitriles is 1. The van der Waals surface area contributed by atoms with Crippen LogP contribution in [-0.4, -0.2) is 24.5 Å². The largest absolute Gasteiger partial charge is 0.365 e. The first-order valence-corrected chi connectivity index (χ1v) is 8.77. The van der Waals surface area contributed by atoms with Crippen LogP contribution >= 0.6 is 0 Å². The zero-order chi connectivity index (χ0) is 19.6. The lowest BCUT2D eigenvalue weighted by atomic mass is 10.1. The number of benzene rings is 2. The number of hydrogen-bond donors (Lipinski definition) is 1. The van der Waals surface area contributed by atoms with E-state index in [4.69, 9.17) is 0 Å². The Morgan fingerprint density at radius 2 is 1.81 bits per heavy atom. The number of hydrogen-bond acceptors (Lipinski definition) is 4. The molecule has 0 aliphatic heterocycles. The van der Waals surface area contributed by atoms with Crippen molar-refractivity contribution in [1.82, 2.24) is 4.98 Å². The van der Waals surface area contributed by atoms with Crippen molar-refractivity contribution in [2.75, 3.05) is 23.8 Å². The average Bonchev–Trinajstić information content (AvgIpc) is 2.63. The van der Waals surface area contributed by atoms with Crippen LogP contribution in [0.1, 0.15) is 22.4 Å². The van der Waals surface area contributed by atoms with E-state index in [-0.39, 0.29) is 12.5 Å². The topological polar surface area (TPSA) is 69.0 Å². The summed E-state index contributed by atoms with van der Waals surface area (Å²) in [7, 11) is 1.84. The van der Waals surface area contributed by atoms with Gasteiger partial charge >= 0.3 is 0 Å². The Bertz CT molecular complexity index is 1040. The van der Waals surface area contributed by atoms with Crippen molar-refractivity contribution in [2.45, 2.75) is 20.8 Å². The van der Waals surface area contributed by atoms with Gasteiger partial charge in [-0.3, -0.25) is 4.79 Å². The van der Waals surface area contributed by atoms with Crippen LogP contribution in [0.3, 0.4) is 0 Å². The standard InChI is InChI=1S/C22H22N4O/c1-14-9-15(2)22(16(3)10-14)25-21(27)13-26(4)20-11-17(12-23)24-19-8-6-5-7-18(19)20/h5-11H,13H2,1-4H3,(H,25,27). The van der Waals surface area contributed by atoms with Crippen molar-refractivity contribution in [3.8, 4) is 6.07 Å². The number of nitrogens with one attached hydrogen (secondary N) is 1. The third kappa shape index (κ3) is 3.90. The Labute approximate surface area is 159 Å². The van der Waals surface area contributed by atoms with E-state index in [0.29, 0.717) is 5.69 Å². The van der Waals surface area contributed by atoms with Crippen molar-refractivity contribution in [1.29, 1.82) is 5.26 Å². The molecule has 0 spiro atoms. The number of carbonyl (C=O) groups is 1. The van der Waals surface area contributed by atoms with Gasteiger partial charge in [0.2, 0.25) is 5.91 Å². The zero-order valence-electron chi connectivity index (χ0n) is 16.0. The van der Waals surface area contributed by atoms with Crippen molar-refractivity contribution in [3.05, 3.63) is 64.8 Å². The molecule has 2 aromatic carbocycles. The molecule has 1 amide bonds. The van der Waals surface area contributed by atoms with Gasteiger partial charge in [0.25, 0.3) is 0 Å². The van der Waals surface area contributed by atoms with Crippen molar-refractivity contribution in [2.24, 2.45) is 0 Å². The van der Waals surface area contributed by atoms with Gasteiger partial charge in [-0.15, -0.1) is 0 Å². The third-order valence-corrected chi connectivity index (χ3v) is 4.54. The van der Waals surface area contributed by atoms with Gasteiger partial charge < -0.3 is 10.2 Å². The molecule has 0 fully saturated rings. The fourth-order valence-corrected chi connectivity index (χ4v) is 3.39. The summed E-state index contributed by atoms with van der Waals surface area (Å²) in [6.07, 6.45) is 0. The van der Waals surface area contributed by atoms with E-state index >= 15 is 0 Å². The fraction of sp³-hybridized carbons (Fsp3) is 0.227. The lowest BCUT2D eigenvalue weighted by Crippen LogP contribution is -2.30. The van der Waals surface area contributed by atoms with Crippen molar-refractivity contribution in [3.63, 3.8) is 0 Å². The highest BCUT2D eigenvalue weighted by molar-refractivity contribution is 5.98. The van der Waals surface area contributed by atoms with E-state index in [9.17, 15) is 10.1 Å². The summed E-state index contributed by atoms with van der Waals surface area (Å²) in [6.45, 7) is 6.20. The number of carbonyl (C=O) groups excluding carboxylic acids is 1. The number of fused-ring (bicyclic) bond motifs is 1. The van der Waals surface area contributed by atoms with Crippen LogP contribution in [0.5, 0.6) is 0 Å². The molecule has 1 aromatic heterocycles. The van der Waals surface area contributed by atoms with E-state index in [1.54, 1.807) is 6.07 Å². The molecule has 1 heterocycles. The summed E-state index contributed by atoms with van der Waals surface area (Å²) >= 11 is 0. The van der Waals surface area contributed by atoms with E-state index < -0.39 is 0 Å². The fourth-order valence-electron chi connectivity index (χ4n) is 3.39. The van der Waals surface area contributed by atoms with Crippen molar-refractivity contribution >= 4 is 28.2 Å². The highest BCUT2D eigenvalue weighted by Gasteiger charge is 2.14. The molecule has 0 radical (unpaired) electrons. The molecule has 0 atom stereocenters. The lowest BCUT2D eigenvalue weighted by Gasteiger charge is -2.21. The molecule has 0 unspecified atom stereocenters. The van der Waals surface area contributed by atoms with Crippen LogP contribution in [0, 0.1) is 32.1 Å². The maximum Gasteiger partial charge on any atom is 0.243 e. The van der Waals surface area contributed by atoms with Gasteiger partial charge in [-0.25, -0.2) is 4.98 Å². The second-order valence-corrected chi connectivity index (χ2v) is 6.83. The molecule has 3 rings (SSSR count). The minimum Gasteiger partial charge on any atom is -0.365 e. The SMILES string of the molecule is Cc1cc(C)c(NC(=O)CN(C)c2cc(C#N)nc3ccccc23)c(C)c1. The molecule has 0 aliphatic carbocycles. The van der Waals surface area contributed by atoms with Crippen LogP contribution in [0.25, 0.3) is 10.9 Å². The van der Waals surface area contributed by atoms with Gasteiger partial charge in [-0.1, -0.05) is 35.9 Å². The van der Waals surface area contributed by atoms with Crippen molar-refractivity contribution < 1.29 is 4.79 Å². The van der Waals surface area contributed by atoms with Gasteiger partial charge in [-0.05, 0) is 44.0 Å². The van der Waals surface area contributed by atoms with Gasteiger partial charge in [0.1, 0.15) is 11.8 Å². The summed E-state index contributed by atoms with van der Waals surface area (Å²) in [5, 5.41) is 13.2. The van der Waals surface area contributed by atoms with Crippen LogP contribution in [0.2, 0.25) is 0 Å². The Hall–Kier alpha value is -3.39. The molecule has 136 valence electrons. The molecule has 3 aromatic rings.